The van der Waals surface area contributed by atoms with Crippen LogP contribution in [0.2, 0.25) is 0 Å². The van der Waals surface area contributed by atoms with Gasteiger partial charge in [0.2, 0.25) is 0 Å². The van der Waals surface area contributed by atoms with Gasteiger partial charge in [0.1, 0.15) is 0 Å². The summed E-state index contributed by atoms with van der Waals surface area (Å²) in [6.07, 6.45) is 0. The van der Waals surface area contributed by atoms with Crippen LogP contribution in [0, 0.1) is 0 Å². The Balaban J connectivity index is 1.08. The predicted octanol–water partition coefficient (Wildman–Crippen LogP) is 12.6. The lowest BCUT2D eigenvalue weighted by Crippen LogP contribution is -1.94. The molecular formula is C44H27NS. The third kappa shape index (κ3) is 3.84. The normalized spacial score (nSPS) is 12.3. The highest BCUT2D eigenvalue weighted by Gasteiger charge is 2.20. The number of aromatic nitrogens is 1. The number of benzene rings is 8. The average molecular weight is 602 g/mol. The summed E-state index contributed by atoms with van der Waals surface area (Å²) in [5.41, 5.74) is 11.2. The van der Waals surface area contributed by atoms with Crippen molar-refractivity contribution in [1.29, 1.82) is 0 Å². The van der Waals surface area contributed by atoms with Crippen LogP contribution >= 0.6 is 11.8 Å². The molecule has 10 rings (SSSR count). The van der Waals surface area contributed by atoms with E-state index >= 15 is 0 Å². The van der Waals surface area contributed by atoms with E-state index in [-0.39, 0.29) is 0 Å². The van der Waals surface area contributed by atoms with Gasteiger partial charge in [0.25, 0.3) is 0 Å². The van der Waals surface area contributed by atoms with Crippen molar-refractivity contribution in [3.8, 4) is 39.1 Å². The summed E-state index contributed by atoms with van der Waals surface area (Å²) in [6.45, 7) is 0. The molecule has 1 aliphatic rings. The summed E-state index contributed by atoms with van der Waals surface area (Å²) in [5.74, 6) is 0. The summed E-state index contributed by atoms with van der Waals surface area (Å²) in [7, 11) is 0. The van der Waals surface area contributed by atoms with E-state index in [0.717, 1.165) is 0 Å². The molecule has 214 valence electrons. The Labute approximate surface area is 271 Å². The first-order chi connectivity index (χ1) is 22.8. The number of fused-ring (bicyclic) bond motifs is 7. The second-order valence-electron chi connectivity index (χ2n) is 12.1. The molecule has 0 saturated carbocycles. The van der Waals surface area contributed by atoms with Gasteiger partial charge < -0.3 is 4.57 Å². The van der Waals surface area contributed by atoms with Gasteiger partial charge in [0.15, 0.2) is 0 Å². The van der Waals surface area contributed by atoms with E-state index in [4.69, 9.17) is 0 Å². The van der Waals surface area contributed by atoms with E-state index in [9.17, 15) is 0 Å². The number of hydrogen-bond acceptors (Lipinski definition) is 1. The van der Waals surface area contributed by atoms with Crippen molar-refractivity contribution in [2.24, 2.45) is 0 Å². The molecule has 0 saturated heterocycles. The van der Waals surface area contributed by atoms with Gasteiger partial charge in [0, 0.05) is 37.0 Å². The fraction of sp³-hybridized carbons (Fsp3) is 0. The number of rotatable bonds is 3. The summed E-state index contributed by atoms with van der Waals surface area (Å²) < 4.78 is 2.42. The Morgan fingerprint density at radius 1 is 0.391 bits per heavy atom. The Kier molecular flexibility index (Phi) is 5.58. The summed E-state index contributed by atoms with van der Waals surface area (Å²) in [5, 5.41) is 7.74. The minimum absolute atomic E-state index is 1.18. The molecule has 0 N–H and O–H groups in total. The lowest BCUT2D eigenvalue weighted by atomic mass is 9.93. The molecule has 2 heterocycles. The van der Waals surface area contributed by atoms with Crippen molar-refractivity contribution in [1.82, 2.24) is 4.57 Å². The molecule has 0 spiro atoms. The van der Waals surface area contributed by atoms with Crippen LogP contribution in [0.1, 0.15) is 0 Å². The smallest absolute Gasteiger partial charge is 0.0619 e. The molecule has 8 aromatic carbocycles. The second kappa shape index (κ2) is 9.97. The lowest BCUT2D eigenvalue weighted by molar-refractivity contribution is 1.19. The Morgan fingerprint density at radius 2 is 1.09 bits per heavy atom. The van der Waals surface area contributed by atoms with E-state index in [1.54, 1.807) is 0 Å². The first-order valence-electron chi connectivity index (χ1n) is 15.8. The third-order valence-corrected chi connectivity index (χ3v) is 10.7. The first kappa shape index (κ1) is 25.7. The minimum Gasteiger partial charge on any atom is -0.309 e. The molecule has 9 aromatic rings. The molecular weight excluding hydrogens is 575 g/mol. The maximum Gasteiger partial charge on any atom is 0.0619 e. The van der Waals surface area contributed by atoms with Gasteiger partial charge in [-0.05, 0) is 86.6 Å². The number of para-hydroxylation sites is 2. The van der Waals surface area contributed by atoms with Gasteiger partial charge in [-0.2, -0.15) is 0 Å². The zero-order chi connectivity index (χ0) is 30.2. The molecule has 46 heavy (non-hydrogen) atoms. The SMILES string of the molecule is c1ccc(-n2c3ccccc3c3ccc4ccc(-c5ccc(-c6ccc7c(c6)-c6cccc8cccc(c68)S7)cc5)cc4c32)cc1. The van der Waals surface area contributed by atoms with E-state index in [1.165, 1.54) is 92.2 Å². The van der Waals surface area contributed by atoms with Crippen LogP contribution in [0.4, 0.5) is 0 Å². The minimum atomic E-state index is 1.18. The standard InChI is InChI=1S/C44H27NS/c1-2-10-34(11-3-1)45-40-14-5-4-12-35(40)37-24-22-30-20-21-32(26-38(30)44(37)45)28-16-18-29(19-17-28)33-23-25-41-39(27-33)36-13-6-8-31-9-7-15-42(46-41)43(31)36/h1-27H. The van der Waals surface area contributed by atoms with E-state index in [1.807, 2.05) is 11.8 Å². The van der Waals surface area contributed by atoms with Gasteiger partial charge in [-0.3, -0.25) is 0 Å². The zero-order valence-corrected chi connectivity index (χ0v) is 25.8. The summed E-state index contributed by atoms with van der Waals surface area (Å²) in [4.78, 5) is 2.66. The molecule has 1 nitrogen and oxygen atoms in total. The van der Waals surface area contributed by atoms with Crippen molar-refractivity contribution in [2.75, 3.05) is 0 Å². The maximum absolute atomic E-state index is 2.42. The van der Waals surface area contributed by atoms with Crippen LogP contribution in [0.15, 0.2) is 174 Å². The van der Waals surface area contributed by atoms with Crippen LogP contribution in [0.5, 0.6) is 0 Å². The van der Waals surface area contributed by atoms with Crippen LogP contribution in [0.25, 0.3) is 82.4 Å². The van der Waals surface area contributed by atoms with Crippen molar-refractivity contribution in [2.45, 2.75) is 9.79 Å². The topological polar surface area (TPSA) is 4.93 Å². The molecule has 0 aliphatic carbocycles. The highest BCUT2D eigenvalue weighted by Crippen LogP contribution is 2.48. The van der Waals surface area contributed by atoms with Crippen LogP contribution < -0.4 is 0 Å². The molecule has 0 fully saturated rings. The maximum atomic E-state index is 2.42. The van der Waals surface area contributed by atoms with E-state index in [0.29, 0.717) is 0 Å². The van der Waals surface area contributed by atoms with Crippen molar-refractivity contribution in [3.63, 3.8) is 0 Å². The Morgan fingerprint density at radius 3 is 1.93 bits per heavy atom. The molecule has 1 aliphatic heterocycles. The Bertz CT molecular complexity index is 2640. The fourth-order valence-corrected chi connectivity index (χ4v) is 8.53. The molecule has 1 aromatic heterocycles. The highest BCUT2D eigenvalue weighted by molar-refractivity contribution is 7.99. The van der Waals surface area contributed by atoms with Gasteiger partial charge in [0.05, 0.1) is 11.0 Å². The first-order valence-corrected chi connectivity index (χ1v) is 16.6. The highest BCUT2D eigenvalue weighted by atomic mass is 32.2. The van der Waals surface area contributed by atoms with Crippen LogP contribution in [-0.2, 0) is 0 Å². The van der Waals surface area contributed by atoms with Crippen LogP contribution in [-0.4, -0.2) is 4.57 Å². The number of nitrogens with zero attached hydrogens (tertiary/aromatic N) is 1. The van der Waals surface area contributed by atoms with E-state index < -0.39 is 0 Å². The zero-order valence-electron chi connectivity index (χ0n) is 24.9. The molecule has 0 amide bonds. The lowest BCUT2D eigenvalue weighted by Gasteiger charge is -2.21. The Hall–Kier alpha value is -5.57. The fourth-order valence-electron chi connectivity index (χ4n) is 7.40. The molecule has 0 bridgehead atoms. The largest absolute Gasteiger partial charge is 0.309 e. The molecule has 0 unspecified atom stereocenters. The summed E-state index contributed by atoms with van der Waals surface area (Å²) in [6, 6.07) is 60.2. The second-order valence-corrected chi connectivity index (χ2v) is 13.2. The van der Waals surface area contributed by atoms with Crippen molar-refractivity contribution >= 4 is 55.1 Å². The summed E-state index contributed by atoms with van der Waals surface area (Å²) >= 11 is 1.88. The van der Waals surface area contributed by atoms with Gasteiger partial charge in [-0.1, -0.05) is 133 Å². The van der Waals surface area contributed by atoms with Crippen molar-refractivity contribution < 1.29 is 0 Å². The quantitative estimate of drug-likeness (QED) is 0.195. The van der Waals surface area contributed by atoms with E-state index in [2.05, 4.69) is 168 Å². The molecule has 2 heteroatoms. The number of hydrogen-bond donors (Lipinski definition) is 0. The van der Waals surface area contributed by atoms with Gasteiger partial charge in [-0.25, -0.2) is 0 Å². The average Bonchev–Trinajstić information content (AvgIpc) is 3.47. The molecule has 0 atom stereocenters. The van der Waals surface area contributed by atoms with Crippen molar-refractivity contribution in [3.05, 3.63) is 164 Å². The van der Waals surface area contributed by atoms with Gasteiger partial charge in [-0.15, -0.1) is 0 Å². The van der Waals surface area contributed by atoms with Gasteiger partial charge >= 0.3 is 0 Å². The molecule has 0 radical (unpaired) electrons. The third-order valence-electron chi connectivity index (χ3n) is 9.57. The predicted molar refractivity (Wildman–Crippen MR) is 196 cm³/mol. The monoisotopic (exact) mass is 601 g/mol. The van der Waals surface area contributed by atoms with Crippen LogP contribution in [0.3, 0.4) is 0 Å².